The Morgan fingerprint density at radius 1 is 0.692 bits per heavy atom. The minimum Gasteiger partial charge on any atom is -0.294 e. The fourth-order valence-corrected chi connectivity index (χ4v) is 5.77. The Bertz CT molecular complexity index is 1010. The lowest BCUT2D eigenvalue weighted by molar-refractivity contribution is 0.0965. The van der Waals surface area contributed by atoms with E-state index in [0.29, 0.717) is 5.56 Å². The summed E-state index contributed by atoms with van der Waals surface area (Å²) < 4.78 is 26.3. The molecule has 26 heavy (non-hydrogen) atoms. The van der Waals surface area contributed by atoms with E-state index in [2.05, 4.69) is 0 Å². The van der Waals surface area contributed by atoms with Crippen molar-refractivity contribution in [2.75, 3.05) is 0 Å². The second kappa shape index (κ2) is 6.54. The molecule has 3 aromatic carbocycles. The van der Waals surface area contributed by atoms with E-state index in [4.69, 9.17) is 0 Å². The minimum atomic E-state index is -3.59. The highest BCUT2D eigenvalue weighted by molar-refractivity contribution is 7.92. The number of carbonyl (C=O) groups is 1. The van der Waals surface area contributed by atoms with Crippen molar-refractivity contribution < 1.29 is 13.2 Å². The van der Waals surface area contributed by atoms with Gasteiger partial charge in [0.05, 0.1) is 10.1 Å². The number of hydrogen-bond acceptors (Lipinski definition) is 3. The number of sulfone groups is 1. The molecule has 0 bridgehead atoms. The highest BCUT2D eigenvalue weighted by atomic mass is 32.2. The van der Waals surface area contributed by atoms with Gasteiger partial charge in [-0.1, -0.05) is 78.9 Å². The molecule has 3 nitrogen and oxygen atoms in total. The van der Waals surface area contributed by atoms with Crippen molar-refractivity contribution in [3.05, 3.63) is 102 Å². The molecule has 1 saturated carbocycles. The molecule has 1 fully saturated rings. The topological polar surface area (TPSA) is 51.2 Å². The van der Waals surface area contributed by atoms with Gasteiger partial charge in [0.15, 0.2) is 15.6 Å². The predicted octanol–water partition coefficient (Wildman–Crippen LogP) is 4.13. The molecule has 0 aliphatic heterocycles. The molecular weight excluding hydrogens is 344 g/mol. The van der Waals surface area contributed by atoms with Crippen LogP contribution >= 0.6 is 0 Å². The van der Waals surface area contributed by atoms with Crippen LogP contribution in [0.1, 0.15) is 21.8 Å². The van der Waals surface area contributed by atoms with Gasteiger partial charge < -0.3 is 0 Å². The van der Waals surface area contributed by atoms with Gasteiger partial charge in [0.25, 0.3) is 0 Å². The quantitative estimate of drug-likeness (QED) is 0.642. The Morgan fingerprint density at radius 3 is 1.77 bits per heavy atom. The molecule has 4 heteroatoms. The average molecular weight is 362 g/mol. The van der Waals surface area contributed by atoms with E-state index < -0.39 is 21.0 Å². The molecule has 0 amide bonds. The van der Waals surface area contributed by atoms with Crippen LogP contribution in [0.15, 0.2) is 95.9 Å². The first kappa shape index (κ1) is 16.7. The van der Waals surface area contributed by atoms with Crippen molar-refractivity contribution in [3.63, 3.8) is 0 Å². The van der Waals surface area contributed by atoms with Gasteiger partial charge in [-0.25, -0.2) is 8.42 Å². The maximum absolute atomic E-state index is 13.2. The van der Waals surface area contributed by atoms with E-state index >= 15 is 0 Å². The molecule has 0 heterocycles. The maximum Gasteiger partial charge on any atom is 0.182 e. The third-order valence-corrected chi connectivity index (χ3v) is 7.16. The van der Waals surface area contributed by atoms with Crippen LogP contribution < -0.4 is 0 Å². The van der Waals surface area contributed by atoms with E-state index in [-0.39, 0.29) is 16.6 Å². The van der Waals surface area contributed by atoms with Crippen LogP contribution in [0.4, 0.5) is 0 Å². The van der Waals surface area contributed by atoms with Gasteiger partial charge >= 0.3 is 0 Å². The summed E-state index contributed by atoms with van der Waals surface area (Å²) in [7, 11) is -3.59. The van der Waals surface area contributed by atoms with Crippen LogP contribution in [-0.2, 0) is 9.84 Å². The largest absolute Gasteiger partial charge is 0.294 e. The van der Waals surface area contributed by atoms with Crippen LogP contribution in [-0.4, -0.2) is 19.5 Å². The molecule has 1 aliphatic rings. The van der Waals surface area contributed by atoms with Crippen LogP contribution in [0.25, 0.3) is 0 Å². The smallest absolute Gasteiger partial charge is 0.182 e. The van der Waals surface area contributed by atoms with Crippen molar-refractivity contribution in [1.82, 2.24) is 0 Å². The van der Waals surface area contributed by atoms with Crippen molar-refractivity contribution in [2.24, 2.45) is 5.92 Å². The molecule has 3 aromatic rings. The number of hydrogen-bond donors (Lipinski definition) is 0. The molecule has 0 unspecified atom stereocenters. The molecule has 3 atom stereocenters. The molecule has 4 rings (SSSR count). The van der Waals surface area contributed by atoms with Crippen LogP contribution in [0, 0.1) is 5.92 Å². The highest BCUT2D eigenvalue weighted by Crippen LogP contribution is 2.55. The lowest BCUT2D eigenvalue weighted by atomic mass is 10.0. The number of benzene rings is 3. The molecule has 0 radical (unpaired) electrons. The monoisotopic (exact) mass is 362 g/mol. The first-order valence-electron chi connectivity index (χ1n) is 8.54. The Kier molecular flexibility index (Phi) is 4.21. The predicted molar refractivity (Wildman–Crippen MR) is 101 cm³/mol. The van der Waals surface area contributed by atoms with Gasteiger partial charge in [0.1, 0.15) is 0 Å². The molecular formula is C22H18O3S. The van der Waals surface area contributed by atoms with Gasteiger partial charge in [-0.3, -0.25) is 4.79 Å². The summed E-state index contributed by atoms with van der Waals surface area (Å²) in [5.74, 6) is -0.969. The van der Waals surface area contributed by atoms with Crippen molar-refractivity contribution in [1.29, 1.82) is 0 Å². The van der Waals surface area contributed by atoms with Crippen LogP contribution in [0.3, 0.4) is 0 Å². The van der Waals surface area contributed by atoms with Gasteiger partial charge in [0.2, 0.25) is 0 Å². The van der Waals surface area contributed by atoms with Gasteiger partial charge in [0, 0.05) is 17.4 Å². The van der Waals surface area contributed by atoms with E-state index in [1.54, 1.807) is 54.6 Å². The maximum atomic E-state index is 13.2. The first-order chi connectivity index (χ1) is 12.6. The number of carbonyl (C=O) groups excluding carboxylic acids is 1. The van der Waals surface area contributed by atoms with Gasteiger partial charge in [-0.05, 0) is 17.7 Å². The Morgan fingerprint density at radius 2 is 1.19 bits per heavy atom. The van der Waals surface area contributed by atoms with Crippen LogP contribution in [0.5, 0.6) is 0 Å². The second-order valence-corrected chi connectivity index (χ2v) is 8.62. The SMILES string of the molecule is O=C(c1ccccc1)[C@@H]1[C@@H](c2ccccc2)[C@H]1S(=O)(=O)c1ccccc1. The standard InChI is InChI=1S/C22H18O3S/c23-21(17-12-6-2-7-13-17)20-19(16-10-4-1-5-11-16)22(20)26(24,25)18-14-8-3-9-15-18/h1-15,19-20,22H/t19-,20+,22-/m1/s1. The lowest BCUT2D eigenvalue weighted by Gasteiger charge is -2.04. The summed E-state index contributed by atoms with van der Waals surface area (Å²) >= 11 is 0. The second-order valence-electron chi connectivity index (χ2n) is 6.52. The van der Waals surface area contributed by atoms with E-state index in [1.807, 2.05) is 36.4 Å². The number of Topliss-reactive ketones (excluding diaryl/α,β-unsaturated/α-hetero) is 1. The van der Waals surface area contributed by atoms with Gasteiger partial charge in [-0.15, -0.1) is 0 Å². The Balaban J connectivity index is 1.75. The van der Waals surface area contributed by atoms with Crippen molar-refractivity contribution in [2.45, 2.75) is 16.1 Å². The molecule has 130 valence electrons. The molecule has 0 spiro atoms. The van der Waals surface area contributed by atoms with Crippen LogP contribution in [0.2, 0.25) is 0 Å². The normalized spacial score (nSPS) is 21.9. The lowest BCUT2D eigenvalue weighted by Crippen LogP contribution is -2.14. The third-order valence-electron chi connectivity index (χ3n) is 4.93. The zero-order valence-electron chi connectivity index (χ0n) is 14.0. The van der Waals surface area contributed by atoms with E-state index in [0.717, 1.165) is 5.56 Å². The molecule has 0 aromatic heterocycles. The fourth-order valence-electron chi connectivity index (χ4n) is 3.62. The first-order valence-corrected chi connectivity index (χ1v) is 10.1. The summed E-state index contributed by atoms with van der Waals surface area (Å²) in [6.07, 6.45) is 0. The molecule has 1 aliphatic carbocycles. The van der Waals surface area contributed by atoms with Crippen molar-refractivity contribution in [3.8, 4) is 0 Å². The third kappa shape index (κ3) is 2.86. The zero-order chi connectivity index (χ0) is 18.1. The summed E-state index contributed by atoms with van der Waals surface area (Å²) in [6, 6.07) is 26.8. The van der Waals surface area contributed by atoms with E-state index in [9.17, 15) is 13.2 Å². The average Bonchev–Trinajstić information content (AvgIpc) is 3.46. The summed E-state index contributed by atoms with van der Waals surface area (Å²) in [5, 5.41) is -0.722. The minimum absolute atomic E-state index is 0.107. The summed E-state index contributed by atoms with van der Waals surface area (Å²) in [6.45, 7) is 0. The molecule has 0 N–H and O–H groups in total. The number of ketones is 1. The fraction of sp³-hybridized carbons (Fsp3) is 0.136. The zero-order valence-corrected chi connectivity index (χ0v) is 14.8. The summed E-state index contributed by atoms with van der Waals surface area (Å²) in [5.41, 5.74) is 1.45. The van der Waals surface area contributed by atoms with Gasteiger partial charge in [-0.2, -0.15) is 0 Å². The Labute approximate surface area is 153 Å². The highest BCUT2D eigenvalue weighted by Gasteiger charge is 2.62. The summed E-state index contributed by atoms with van der Waals surface area (Å²) in [4.78, 5) is 13.3. The van der Waals surface area contributed by atoms with E-state index in [1.165, 1.54) is 0 Å². The molecule has 0 saturated heterocycles. The van der Waals surface area contributed by atoms with Crippen molar-refractivity contribution >= 4 is 15.6 Å². The Hall–Kier alpha value is -2.72. The number of rotatable bonds is 5.